The van der Waals surface area contributed by atoms with Crippen molar-refractivity contribution in [2.75, 3.05) is 20.1 Å². The summed E-state index contributed by atoms with van der Waals surface area (Å²) in [6, 6.07) is 0. The lowest BCUT2D eigenvalue weighted by atomic mass is 10.3. The van der Waals surface area contributed by atoms with E-state index in [2.05, 4.69) is 4.74 Å². The van der Waals surface area contributed by atoms with Crippen LogP contribution < -0.4 is 5.14 Å². The van der Waals surface area contributed by atoms with Crippen molar-refractivity contribution >= 4 is 10.2 Å². The number of nitrogens with two attached hydrogens (primary N) is 1. The molecular formula is C5H12N2O3S. The molecule has 1 aliphatic heterocycles. The summed E-state index contributed by atoms with van der Waals surface area (Å²) in [5, 5.41) is 4.87. The van der Waals surface area contributed by atoms with Crippen molar-refractivity contribution in [1.29, 1.82) is 0 Å². The quantitative estimate of drug-likeness (QED) is 0.591. The van der Waals surface area contributed by atoms with Gasteiger partial charge in [0.1, 0.15) is 0 Å². The van der Waals surface area contributed by atoms with Gasteiger partial charge in [0, 0.05) is 20.1 Å². The summed E-state index contributed by atoms with van der Waals surface area (Å²) in [6.45, 7) is 0.219. The summed E-state index contributed by atoms with van der Waals surface area (Å²) in [5.41, 5.74) is 0. The van der Waals surface area contributed by atoms with Crippen molar-refractivity contribution in [3.63, 3.8) is 0 Å². The molecular weight excluding hydrogens is 168 g/mol. The van der Waals surface area contributed by atoms with Crippen LogP contribution >= 0.6 is 0 Å². The molecule has 1 unspecified atom stereocenters. The van der Waals surface area contributed by atoms with Crippen molar-refractivity contribution in [3.8, 4) is 0 Å². The Labute approximate surface area is 70.5 Å². The van der Waals surface area contributed by atoms with E-state index in [1.165, 1.54) is 0 Å². The van der Waals surface area contributed by atoms with Crippen molar-refractivity contribution in [1.82, 2.24) is 4.31 Å². The summed E-state index contributed by atoms with van der Waals surface area (Å²) in [6.07, 6.45) is -0.240. The van der Waals surface area contributed by atoms with E-state index in [0.29, 0.717) is 6.42 Å². The summed E-state index contributed by atoms with van der Waals surface area (Å²) >= 11 is 0. The van der Waals surface area contributed by atoms with Gasteiger partial charge in [-0.05, 0) is 6.42 Å². The normalized spacial score (nSPS) is 32.8. The first-order valence-electron chi connectivity index (χ1n) is 4.64. The molecule has 0 aromatic heterocycles. The zero-order chi connectivity index (χ0) is 11.0. The zero-order valence-electron chi connectivity index (χ0n) is 8.86. The smallest absolute Gasteiger partial charge is 0.276 e. The molecule has 1 fully saturated rings. The van der Waals surface area contributed by atoms with Gasteiger partial charge in [0.05, 0.1) is 10.2 Å². The average molecular weight is 183 g/mol. The van der Waals surface area contributed by atoms with Gasteiger partial charge in [-0.3, -0.25) is 0 Å². The van der Waals surface area contributed by atoms with E-state index >= 15 is 0 Å². The van der Waals surface area contributed by atoms with E-state index in [0.717, 1.165) is 4.31 Å². The highest BCUT2D eigenvalue weighted by Gasteiger charge is 2.28. The maximum Gasteiger partial charge on any atom is 0.276 e. The lowest BCUT2D eigenvalue weighted by molar-refractivity contribution is 0.115. The Morgan fingerprint density at radius 1 is 1.82 bits per heavy atom. The molecule has 5 nitrogen and oxygen atoms in total. The molecule has 2 N–H and O–H groups in total. The topological polar surface area (TPSA) is 72.6 Å². The molecule has 66 valence electrons. The molecule has 0 spiro atoms. The van der Waals surface area contributed by atoms with E-state index in [9.17, 15) is 8.42 Å². The molecule has 6 heteroatoms. The number of hydrogen-bond donors (Lipinski definition) is 1. The van der Waals surface area contributed by atoms with Crippen molar-refractivity contribution in [2.45, 2.75) is 12.5 Å². The van der Waals surface area contributed by atoms with Crippen LogP contribution in [-0.4, -0.2) is 39.0 Å². The van der Waals surface area contributed by atoms with Crippen LogP contribution in [0.3, 0.4) is 0 Å². The van der Waals surface area contributed by atoms with Crippen LogP contribution in [0.5, 0.6) is 0 Å². The molecule has 1 rings (SSSR count). The van der Waals surface area contributed by atoms with Crippen LogP contribution in [0.4, 0.5) is 0 Å². The molecule has 0 saturated carbocycles. The first kappa shape index (κ1) is 5.47. The number of ether oxygens (including phenoxy) is 1. The molecule has 0 aromatic rings. The SMILES string of the molecule is [2H]C([2H])([2H])OC1CCN(S(N)(=O)=O)C1. The molecule has 0 aromatic carbocycles. The Bertz CT molecular complexity index is 302. The van der Waals surface area contributed by atoms with Gasteiger partial charge < -0.3 is 4.74 Å². The van der Waals surface area contributed by atoms with Crippen LogP contribution in [0.1, 0.15) is 10.5 Å². The second-order valence-corrected chi connectivity index (χ2v) is 3.98. The van der Waals surface area contributed by atoms with Gasteiger partial charge in [-0.2, -0.15) is 12.7 Å². The maximum atomic E-state index is 10.9. The minimum atomic E-state index is -3.72. The number of methoxy groups -OCH3 is 1. The third-order valence-corrected chi connectivity index (χ3v) is 2.69. The Morgan fingerprint density at radius 2 is 2.55 bits per heavy atom. The second-order valence-electron chi connectivity index (χ2n) is 2.43. The molecule has 1 atom stereocenters. The van der Waals surface area contributed by atoms with Crippen LogP contribution in [0.2, 0.25) is 0 Å². The Balaban J connectivity index is 2.51. The molecule has 0 radical (unpaired) electrons. The summed E-state index contributed by atoms with van der Waals surface area (Å²) in [5.74, 6) is 0. The van der Waals surface area contributed by atoms with E-state index < -0.39 is 23.4 Å². The van der Waals surface area contributed by atoms with Gasteiger partial charge >= 0.3 is 0 Å². The molecule has 0 bridgehead atoms. The van der Waals surface area contributed by atoms with Crippen LogP contribution in [0.15, 0.2) is 0 Å². The van der Waals surface area contributed by atoms with Crippen LogP contribution in [0, 0.1) is 0 Å². The third kappa shape index (κ3) is 2.13. The fourth-order valence-corrected chi connectivity index (χ4v) is 1.76. The lowest BCUT2D eigenvalue weighted by Crippen LogP contribution is -2.35. The molecule has 1 saturated heterocycles. The van der Waals surface area contributed by atoms with Gasteiger partial charge in [-0.15, -0.1) is 0 Å². The fraction of sp³-hybridized carbons (Fsp3) is 1.00. The standard InChI is InChI=1S/C5H12N2O3S/c1-10-5-2-3-7(4-5)11(6,8)9/h5H,2-4H2,1H3,(H2,6,8,9)/i1D3. The Morgan fingerprint density at radius 3 is 3.00 bits per heavy atom. The summed E-state index contributed by atoms with van der Waals surface area (Å²) in [7, 11) is -6.21. The van der Waals surface area contributed by atoms with E-state index in [1.54, 1.807) is 0 Å². The maximum absolute atomic E-state index is 10.9. The number of rotatable bonds is 2. The van der Waals surface area contributed by atoms with E-state index in [1.807, 2.05) is 0 Å². The van der Waals surface area contributed by atoms with Gasteiger partial charge in [0.15, 0.2) is 0 Å². The van der Waals surface area contributed by atoms with Crippen LogP contribution in [-0.2, 0) is 14.9 Å². The second kappa shape index (κ2) is 3.06. The van der Waals surface area contributed by atoms with Crippen LogP contribution in [0.25, 0.3) is 0 Å². The number of hydrogen-bond acceptors (Lipinski definition) is 3. The van der Waals surface area contributed by atoms with Gasteiger partial charge in [0.25, 0.3) is 10.2 Å². The van der Waals surface area contributed by atoms with E-state index in [4.69, 9.17) is 9.25 Å². The largest absolute Gasteiger partial charge is 0.380 e. The van der Waals surface area contributed by atoms with E-state index in [-0.39, 0.29) is 13.1 Å². The molecule has 0 aliphatic carbocycles. The number of nitrogens with zero attached hydrogens (tertiary/aromatic N) is 1. The zero-order valence-corrected chi connectivity index (χ0v) is 6.67. The highest BCUT2D eigenvalue weighted by molar-refractivity contribution is 7.86. The van der Waals surface area contributed by atoms with Crippen molar-refractivity contribution in [3.05, 3.63) is 0 Å². The van der Waals surface area contributed by atoms with Crippen molar-refractivity contribution < 1.29 is 17.3 Å². The van der Waals surface area contributed by atoms with Gasteiger partial charge in [-0.1, -0.05) is 0 Å². The monoisotopic (exact) mass is 183 g/mol. The minimum absolute atomic E-state index is 0.0111. The fourth-order valence-electron chi connectivity index (χ4n) is 1.03. The first-order chi connectivity index (χ1) is 6.18. The minimum Gasteiger partial charge on any atom is -0.380 e. The Hall–Kier alpha value is -0.170. The predicted molar refractivity (Wildman–Crippen MR) is 40.1 cm³/mol. The van der Waals surface area contributed by atoms with Gasteiger partial charge in [0.2, 0.25) is 0 Å². The highest BCUT2D eigenvalue weighted by Crippen LogP contribution is 2.13. The summed E-state index contributed by atoms with van der Waals surface area (Å²) in [4.78, 5) is 0. The Kier molecular flexibility index (Phi) is 1.52. The average Bonchev–Trinajstić information content (AvgIpc) is 2.29. The lowest BCUT2D eigenvalue weighted by Gasteiger charge is -2.11. The van der Waals surface area contributed by atoms with Crippen molar-refractivity contribution in [2.24, 2.45) is 5.14 Å². The molecule has 1 aliphatic rings. The molecule has 0 amide bonds. The molecule has 1 heterocycles. The third-order valence-electron chi connectivity index (χ3n) is 1.63. The van der Waals surface area contributed by atoms with Gasteiger partial charge in [-0.25, -0.2) is 5.14 Å². The molecule has 11 heavy (non-hydrogen) atoms. The predicted octanol–water partition coefficient (Wildman–Crippen LogP) is -1.09. The highest BCUT2D eigenvalue weighted by atomic mass is 32.2. The first-order valence-corrected chi connectivity index (χ1v) is 4.64. The summed E-state index contributed by atoms with van der Waals surface area (Å²) < 4.78 is 47.9.